The van der Waals surface area contributed by atoms with Crippen molar-refractivity contribution in [1.29, 1.82) is 5.26 Å². The highest BCUT2D eigenvalue weighted by Crippen LogP contribution is 2.35. The van der Waals surface area contributed by atoms with Crippen LogP contribution < -0.4 is 0 Å². The smallest absolute Gasteiger partial charge is 0.253 e. The lowest BCUT2D eigenvalue weighted by Crippen LogP contribution is -2.44. The van der Waals surface area contributed by atoms with Gasteiger partial charge in [-0.25, -0.2) is 0 Å². The maximum atomic E-state index is 12.9. The Balaban J connectivity index is 1.53. The van der Waals surface area contributed by atoms with Crippen LogP contribution in [0.4, 0.5) is 0 Å². The predicted octanol–water partition coefficient (Wildman–Crippen LogP) is 4.44. The quantitative estimate of drug-likeness (QED) is 0.690. The minimum Gasteiger partial charge on any atom is -0.461 e. The van der Waals surface area contributed by atoms with E-state index in [0.29, 0.717) is 31.5 Å². The normalized spacial score (nSPS) is 16.4. The largest absolute Gasteiger partial charge is 0.461 e. The molecule has 0 spiro atoms. The first kappa shape index (κ1) is 16.4. The van der Waals surface area contributed by atoms with E-state index in [0.717, 1.165) is 22.3 Å². The van der Waals surface area contributed by atoms with Gasteiger partial charge in [0.1, 0.15) is 11.3 Å². The molecule has 4 nitrogen and oxygen atoms in total. The van der Waals surface area contributed by atoms with E-state index in [1.807, 2.05) is 66.4 Å². The minimum atomic E-state index is -0.496. The van der Waals surface area contributed by atoms with Crippen LogP contribution >= 0.6 is 0 Å². The number of amides is 1. The van der Waals surface area contributed by atoms with Crippen molar-refractivity contribution in [3.8, 4) is 6.07 Å². The molecule has 26 heavy (non-hydrogen) atoms. The molecule has 0 unspecified atom stereocenters. The summed E-state index contributed by atoms with van der Waals surface area (Å²) in [5, 5.41) is 10.7. The van der Waals surface area contributed by atoms with Crippen molar-refractivity contribution in [1.82, 2.24) is 4.90 Å². The Labute approximate surface area is 152 Å². The van der Waals surface area contributed by atoms with Gasteiger partial charge in [-0.1, -0.05) is 30.3 Å². The molecule has 1 aliphatic rings. The fourth-order valence-electron chi connectivity index (χ4n) is 3.81. The highest BCUT2D eigenvalue weighted by atomic mass is 16.3. The van der Waals surface area contributed by atoms with E-state index < -0.39 is 5.41 Å². The molecule has 1 fully saturated rings. The molecular formula is C22H20N2O2. The van der Waals surface area contributed by atoms with Crippen molar-refractivity contribution in [2.75, 3.05) is 13.1 Å². The second kappa shape index (κ2) is 6.34. The van der Waals surface area contributed by atoms with Gasteiger partial charge in [0.05, 0.1) is 11.5 Å². The molecule has 130 valence electrons. The molecule has 4 heteroatoms. The van der Waals surface area contributed by atoms with Crippen LogP contribution in [0.2, 0.25) is 0 Å². The molecule has 1 saturated heterocycles. The first-order valence-electron chi connectivity index (χ1n) is 8.88. The number of hydrogen-bond acceptors (Lipinski definition) is 3. The summed E-state index contributed by atoms with van der Waals surface area (Å²) in [5.74, 6) is 0.856. The van der Waals surface area contributed by atoms with Crippen LogP contribution in [0.15, 0.2) is 59.0 Å². The zero-order chi connectivity index (χ0) is 18.1. The summed E-state index contributed by atoms with van der Waals surface area (Å²) in [6.07, 6.45) is 1.32. The van der Waals surface area contributed by atoms with Crippen LogP contribution in [0.3, 0.4) is 0 Å². The predicted molar refractivity (Wildman–Crippen MR) is 99.8 cm³/mol. The molecule has 0 aliphatic carbocycles. The van der Waals surface area contributed by atoms with Gasteiger partial charge in [-0.15, -0.1) is 0 Å². The van der Waals surface area contributed by atoms with Crippen molar-refractivity contribution >= 4 is 16.9 Å². The Morgan fingerprint density at radius 2 is 1.85 bits per heavy atom. The third-order valence-electron chi connectivity index (χ3n) is 5.33. The van der Waals surface area contributed by atoms with Crippen LogP contribution in [0.1, 0.15) is 34.5 Å². The number of likely N-dealkylation sites (tertiary alicyclic amines) is 1. The molecule has 3 aromatic rings. The van der Waals surface area contributed by atoms with Crippen molar-refractivity contribution in [3.63, 3.8) is 0 Å². The molecule has 0 radical (unpaired) electrons. The summed E-state index contributed by atoms with van der Waals surface area (Å²) in [4.78, 5) is 14.8. The van der Waals surface area contributed by atoms with Gasteiger partial charge in [-0.05, 0) is 49.6 Å². The zero-order valence-corrected chi connectivity index (χ0v) is 14.7. The van der Waals surface area contributed by atoms with Gasteiger partial charge in [0, 0.05) is 24.0 Å². The van der Waals surface area contributed by atoms with Gasteiger partial charge in [-0.3, -0.25) is 4.79 Å². The van der Waals surface area contributed by atoms with E-state index in [1.54, 1.807) is 0 Å². The second-order valence-corrected chi connectivity index (χ2v) is 6.96. The molecule has 4 rings (SSSR count). The lowest BCUT2D eigenvalue weighted by atomic mass is 9.74. The molecule has 2 aromatic carbocycles. The van der Waals surface area contributed by atoms with Gasteiger partial charge < -0.3 is 9.32 Å². The number of carbonyl (C=O) groups excluding carboxylic acids is 1. The summed E-state index contributed by atoms with van der Waals surface area (Å²) in [6, 6.07) is 19.9. The minimum absolute atomic E-state index is 0.0188. The molecular weight excluding hydrogens is 324 g/mol. The lowest BCUT2D eigenvalue weighted by molar-refractivity contribution is 0.0692. The molecule has 1 aliphatic heterocycles. The van der Waals surface area contributed by atoms with Crippen molar-refractivity contribution in [3.05, 3.63) is 71.5 Å². The number of nitriles is 1. The van der Waals surface area contributed by atoms with E-state index in [2.05, 4.69) is 6.07 Å². The summed E-state index contributed by atoms with van der Waals surface area (Å²) >= 11 is 0. The molecule has 0 N–H and O–H groups in total. The zero-order valence-electron chi connectivity index (χ0n) is 14.7. The summed E-state index contributed by atoms with van der Waals surface area (Å²) < 4.78 is 5.58. The summed E-state index contributed by atoms with van der Waals surface area (Å²) in [7, 11) is 0. The van der Waals surface area contributed by atoms with E-state index in [9.17, 15) is 10.1 Å². The van der Waals surface area contributed by atoms with Gasteiger partial charge in [0.2, 0.25) is 0 Å². The summed E-state index contributed by atoms with van der Waals surface area (Å²) in [5.41, 5.74) is 2.02. The van der Waals surface area contributed by atoms with Gasteiger partial charge in [0.15, 0.2) is 0 Å². The number of hydrogen-bond donors (Lipinski definition) is 0. The topological polar surface area (TPSA) is 57.2 Å². The third-order valence-corrected chi connectivity index (χ3v) is 5.33. The average molecular weight is 344 g/mol. The van der Waals surface area contributed by atoms with Crippen LogP contribution in [0.5, 0.6) is 0 Å². The fraction of sp³-hybridized carbons (Fsp3) is 0.273. The Morgan fingerprint density at radius 1 is 1.12 bits per heavy atom. The maximum Gasteiger partial charge on any atom is 0.253 e. The third kappa shape index (κ3) is 2.76. The first-order valence-corrected chi connectivity index (χ1v) is 8.88. The van der Waals surface area contributed by atoms with Crippen LogP contribution in [-0.2, 0) is 5.41 Å². The number of furan rings is 1. The monoisotopic (exact) mass is 344 g/mol. The average Bonchev–Trinajstić information content (AvgIpc) is 3.07. The Bertz CT molecular complexity index is 990. The number of aryl methyl sites for hydroxylation is 1. The number of fused-ring (bicyclic) bond motifs is 1. The van der Waals surface area contributed by atoms with Gasteiger partial charge in [0.25, 0.3) is 5.91 Å². The number of nitrogens with zero attached hydrogens (tertiary/aromatic N) is 2. The van der Waals surface area contributed by atoms with Crippen molar-refractivity contribution in [2.45, 2.75) is 25.2 Å². The maximum absolute atomic E-state index is 12.9. The number of rotatable bonds is 2. The standard InChI is InChI=1S/C22H20N2O2/c1-16-13-18-14-17(7-8-20(18)26-16)21(25)24-11-9-22(15-23,10-12-24)19-5-3-2-4-6-19/h2-8,13-14H,9-12H2,1H3. The van der Waals surface area contributed by atoms with Gasteiger partial charge >= 0.3 is 0 Å². The first-order chi connectivity index (χ1) is 12.6. The lowest BCUT2D eigenvalue weighted by Gasteiger charge is -2.37. The number of benzene rings is 2. The summed E-state index contributed by atoms with van der Waals surface area (Å²) in [6.45, 7) is 3.07. The number of carbonyl (C=O) groups is 1. The SMILES string of the molecule is Cc1cc2cc(C(=O)N3CCC(C#N)(c4ccccc4)CC3)ccc2o1. The highest BCUT2D eigenvalue weighted by molar-refractivity contribution is 5.98. The molecule has 1 aromatic heterocycles. The van der Waals surface area contributed by atoms with Crippen LogP contribution in [0.25, 0.3) is 11.0 Å². The van der Waals surface area contributed by atoms with Crippen molar-refractivity contribution < 1.29 is 9.21 Å². The Morgan fingerprint density at radius 3 is 2.54 bits per heavy atom. The Hall–Kier alpha value is -3.06. The van der Waals surface area contributed by atoms with Crippen LogP contribution in [0, 0.1) is 18.3 Å². The molecule has 2 heterocycles. The molecule has 1 amide bonds. The van der Waals surface area contributed by atoms with Crippen LogP contribution in [-0.4, -0.2) is 23.9 Å². The molecule has 0 bridgehead atoms. The molecule has 0 atom stereocenters. The fourth-order valence-corrected chi connectivity index (χ4v) is 3.81. The van der Waals surface area contributed by atoms with E-state index in [1.165, 1.54) is 0 Å². The molecule has 0 saturated carbocycles. The van der Waals surface area contributed by atoms with Crippen molar-refractivity contribution in [2.24, 2.45) is 0 Å². The van der Waals surface area contributed by atoms with E-state index in [4.69, 9.17) is 4.42 Å². The van der Waals surface area contributed by atoms with Gasteiger partial charge in [-0.2, -0.15) is 5.26 Å². The van der Waals surface area contributed by atoms with E-state index >= 15 is 0 Å². The highest BCUT2D eigenvalue weighted by Gasteiger charge is 2.37. The van der Waals surface area contributed by atoms with E-state index in [-0.39, 0.29) is 5.91 Å². The second-order valence-electron chi connectivity index (χ2n) is 6.96. The Kier molecular flexibility index (Phi) is 4.00. The number of piperidine rings is 1.